The summed E-state index contributed by atoms with van der Waals surface area (Å²) in [5.74, 6) is -1.25. The Morgan fingerprint density at radius 1 is 1.47 bits per heavy atom. The summed E-state index contributed by atoms with van der Waals surface area (Å²) in [6.07, 6.45) is 0. The number of carboxylic acids is 1. The number of sulfonamides is 1. The fourth-order valence-electron chi connectivity index (χ4n) is 1.17. The molecule has 0 aliphatic rings. The third-order valence-electron chi connectivity index (χ3n) is 2.08. The molecule has 1 aromatic carbocycles. The molecule has 1 rings (SSSR count). The van der Waals surface area contributed by atoms with Gasteiger partial charge in [-0.1, -0.05) is 17.7 Å². The summed E-state index contributed by atoms with van der Waals surface area (Å²) in [5.41, 5.74) is 0.820. The quantitative estimate of drug-likeness (QED) is 0.871. The van der Waals surface area contributed by atoms with E-state index in [9.17, 15) is 13.2 Å². The number of halogens is 1. The molecule has 0 saturated heterocycles. The van der Waals surface area contributed by atoms with E-state index in [4.69, 9.17) is 16.7 Å². The molecule has 0 fully saturated rings. The van der Waals surface area contributed by atoms with Crippen LogP contribution in [-0.2, 0) is 14.8 Å². The SMILES string of the molecule is Cc1ccc(S(=O)(=O)NC(C)C(=O)O)c(Cl)c1. The Morgan fingerprint density at radius 2 is 2.06 bits per heavy atom. The average Bonchev–Trinajstić information content (AvgIpc) is 2.15. The Morgan fingerprint density at radius 3 is 2.53 bits per heavy atom. The fourth-order valence-corrected chi connectivity index (χ4v) is 2.97. The highest BCUT2D eigenvalue weighted by atomic mass is 35.5. The molecule has 0 bridgehead atoms. The zero-order chi connectivity index (χ0) is 13.2. The maximum absolute atomic E-state index is 11.8. The van der Waals surface area contributed by atoms with Crippen molar-refractivity contribution >= 4 is 27.6 Å². The minimum absolute atomic E-state index is 0.0649. The molecule has 94 valence electrons. The summed E-state index contributed by atoms with van der Waals surface area (Å²) in [4.78, 5) is 10.5. The molecule has 5 nitrogen and oxygen atoms in total. The molecule has 0 aliphatic carbocycles. The van der Waals surface area contributed by atoms with Crippen LogP contribution in [0.3, 0.4) is 0 Å². The molecule has 0 amide bonds. The highest BCUT2D eigenvalue weighted by Crippen LogP contribution is 2.22. The van der Waals surface area contributed by atoms with Crippen LogP contribution in [0.4, 0.5) is 0 Å². The van der Waals surface area contributed by atoms with Crippen molar-refractivity contribution in [3.63, 3.8) is 0 Å². The van der Waals surface area contributed by atoms with Crippen molar-refractivity contribution in [2.75, 3.05) is 0 Å². The first-order valence-corrected chi connectivity index (χ1v) is 6.61. The summed E-state index contributed by atoms with van der Waals surface area (Å²) >= 11 is 5.81. The molecule has 1 aromatic rings. The van der Waals surface area contributed by atoms with E-state index < -0.39 is 22.0 Å². The van der Waals surface area contributed by atoms with Gasteiger partial charge in [0.05, 0.1) is 5.02 Å². The largest absolute Gasteiger partial charge is 0.480 e. The number of carboxylic acid groups (broad SMARTS) is 1. The van der Waals surface area contributed by atoms with Crippen LogP contribution in [0.1, 0.15) is 12.5 Å². The Balaban J connectivity index is 3.10. The molecule has 0 heterocycles. The molecule has 0 aliphatic heterocycles. The summed E-state index contributed by atoms with van der Waals surface area (Å²) in [5, 5.41) is 8.71. The maximum atomic E-state index is 11.8. The van der Waals surface area contributed by atoms with Crippen molar-refractivity contribution in [2.45, 2.75) is 24.8 Å². The van der Waals surface area contributed by atoms with Crippen LogP contribution in [0.25, 0.3) is 0 Å². The van der Waals surface area contributed by atoms with Crippen LogP contribution in [0.5, 0.6) is 0 Å². The highest BCUT2D eigenvalue weighted by Gasteiger charge is 2.23. The van der Waals surface area contributed by atoms with Gasteiger partial charge in [-0.3, -0.25) is 4.79 Å². The third-order valence-corrected chi connectivity index (χ3v) is 4.10. The normalized spacial score (nSPS) is 13.4. The minimum atomic E-state index is -3.91. The summed E-state index contributed by atoms with van der Waals surface area (Å²) in [6.45, 7) is 3.01. The minimum Gasteiger partial charge on any atom is -0.480 e. The standard InChI is InChI=1S/C10H12ClNO4S/c1-6-3-4-9(8(11)5-6)17(15,16)12-7(2)10(13)14/h3-5,7,12H,1-2H3,(H,13,14). The van der Waals surface area contributed by atoms with Gasteiger partial charge in [0.25, 0.3) is 0 Å². The molecule has 17 heavy (non-hydrogen) atoms. The fraction of sp³-hybridized carbons (Fsp3) is 0.300. The van der Waals surface area contributed by atoms with Crippen molar-refractivity contribution in [3.8, 4) is 0 Å². The molecule has 0 spiro atoms. The van der Waals surface area contributed by atoms with Gasteiger partial charge in [0.2, 0.25) is 10.0 Å². The van der Waals surface area contributed by atoms with Gasteiger partial charge in [0.1, 0.15) is 10.9 Å². The van der Waals surface area contributed by atoms with E-state index in [1.165, 1.54) is 19.1 Å². The second-order valence-corrected chi connectivity index (χ2v) is 5.70. The van der Waals surface area contributed by atoms with E-state index in [2.05, 4.69) is 0 Å². The first-order chi connectivity index (χ1) is 7.74. The first-order valence-electron chi connectivity index (χ1n) is 4.75. The lowest BCUT2D eigenvalue weighted by molar-refractivity contribution is -0.138. The lowest BCUT2D eigenvalue weighted by Gasteiger charge is -2.11. The van der Waals surface area contributed by atoms with E-state index in [0.717, 1.165) is 5.56 Å². The Hall–Kier alpha value is -1.11. The van der Waals surface area contributed by atoms with Gasteiger partial charge in [-0.25, -0.2) is 8.42 Å². The number of aliphatic carboxylic acids is 1. The molecule has 0 saturated carbocycles. The third kappa shape index (κ3) is 3.42. The number of hydrogen-bond donors (Lipinski definition) is 2. The van der Waals surface area contributed by atoms with Gasteiger partial charge in [0.15, 0.2) is 0 Å². The van der Waals surface area contributed by atoms with Gasteiger partial charge in [-0.15, -0.1) is 0 Å². The summed E-state index contributed by atoms with van der Waals surface area (Å²) < 4.78 is 25.7. The molecular formula is C10H12ClNO4S. The highest BCUT2D eigenvalue weighted by molar-refractivity contribution is 7.89. The van der Waals surface area contributed by atoms with Crippen LogP contribution >= 0.6 is 11.6 Å². The predicted molar refractivity (Wildman–Crippen MR) is 63.6 cm³/mol. The van der Waals surface area contributed by atoms with E-state index in [-0.39, 0.29) is 9.92 Å². The number of hydrogen-bond acceptors (Lipinski definition) is 3. The zero-order valence-corrected chi connectivity index (χ0v) is 10.8. The van der Waals surface area contributed by atoms with Crippen molar-refractivity contribution in [1.29, 1.82) is 0 Å². The number of rotatable bonds is 4. The van der Waals surface area contributed by atoms with Crippen LogP contribution in [0.15, 0.2) is 23.1 Å². The van der Waals surface area contributed by atoms with E-state index in [1.807, 2.05) is 4.72 Å². The number of benzene rings is 1. The number of nitrogens with one attached hydrogen (secondary N) is 1. The molecule has 0 radical (unpaired) electrons. The summed E-state index contributed by atoms with van der Waals surface area (Å²) in [6, 6.07) is 3.22. The van der Waals surface area contributed by atoms with Crippen molar-refractivity contribution in [3.05, 3.63) is 28.8 Å². The van der Waals surface area contributed by atoms with Crippen molar-refractivity contribution in [2.24, 2.45) is 0 Å². The molecule has 1 atom stereocenters. The molecule has 2 N–H and O–H groups in total. The average molecular weight is 278 g/mol. The van der Waals surface area contributed by atoms with Gasteiger partial charge in [-0.2, -0.15) is 4.72 Å². The smallest absolute Gasteiger partial charge is 0.321 e. The van der Waals surface area contributed by atoms with Gasteiger partial charge >= 0.3 is 5.97 Å². The Bertz CT molecular complexity index is 541. The zero-order valence-electron chi connectivity index (χ0n) is 9.27. The second kappa shape index (κ2) is 5.03. The van der Waals surface area contributed by atoms with E-state index in [1.54, 1.807) is 13.0 Å². The first kappa shape index (κ1) is 14.0. The van der Waals surface area contributed by atoms with Crippen LogP contribution in [-0.4, -0.2) is 25.5 Å². The molecule has 7 heteroatoms. The molecular weight excluding hydrogens is 266 g/mol. The molecule has 0 aromatic heterocycles. The Labute approximate surface area is 104 Å². The van der Waals surface area contributed by atoms with Crippen LogP contribution in [0, 0.1) is 6.92 Å². The number of aryl methyl sites for hydroxylation is 1. The lowest BCUT2D eigenvalue weighted by atomic mass is 10.2. The lowest BCUT2D eigenvalue weighted by Crippen LogP contribution is -2.38. The van der Waals surface area contributed by atoms with Crippen LogP contribution < -0.4 is 4.72 Å². The molecule has 1 unspecified atom stereocenters. The van der Waals surface area contributed by atoms with Crippen molar-refractivity contribution < 1.29 is 18.3 Å². The monoisotopic (exact) mass is 277 g/mol. The van der Waals surface area contributed by atoms with E-state index >= 15 is 0 Å². The van der Waals surface area contributed by atoms with Crippen LogP contribution in [0.2, 0.25) is 5.02 Å². The topological polar surface area (TPSA) is 83.5 Å². The second-order valence-electron chi connectivity index (χ2n) is 3.62. The maximum Gasteiger partial charge on any atom is 0.321 e. The predicted octanol–water partition coefficient (Wildman–Crippen LogP) is 1.40. The number of carbonyl (C=O) groups is 1. The summed E-state index contributed by atoms with van der Waals surface area (Å²) in [7, 11) is -3.91. The van der Waals surface area contributed by atoms with Gasteiger partial charge < -0.3 is 5.11 Å². The van der Waals surface area contributed by atoms with Gasteiger partial charge in [-0.05, 0) is 31.5 Å². The van der Waals surface area contributed by atoms with Gasteiger partial charge in [0, 0.05) is 0 Å². The van der Waals surface area contributed by atoms with Crippen molar-refractivity contribution in [1.82, 2.24) is 4.72 Å². The Kier molecular flexibility index (Phi) is 4.13. The van der Waals surface area contributed by atoms with E-state index in [0.29, 0.717) is 0 Å².